The molecule has 0 aliphatic rings. The van der Waals surface area contributed by atoms with Gasteiger partial charge in [0.25, 0.3) is 0 Å². The minimum Gasteiger partial charge on any atom is -0.314 e. The van der Waals surface area contributed by atoms with Gasteiger partial charge in [-0.15, -0.1) is 0 Å². The fraction of sp³-hybridized carbons (Fsp3) is 0.909. The van der Waals surface area contributed by atoms with Crippen LogP contribution in [-0.4, -0.2) is 30.5 Å². The molecule has 0 radical (unpaired) electrons. The van der Waals surface area contributed by atoms with Crippen LogP contribution in [0.4, 0.5) is 0 Å². The molecule has 3 heteroatoms. The van der Waals surface area contributed by atoms with E-state index in [1.54, 1.807) is 0 Å². The first-order valence-corrected chi connectivity index (χ1v) is 5.31. The lowest BCUT2D eigenvalue weighted by atomic mass is 10.1. The highest BCUT2D eigenvalue weighted by atomic mass is 16.1. The van der Waals surface area contributed by atoms with Crippen LogP contribution in [0.15, 0.2) is 0 Å². The van der Waals surface area contributed by atoms with Crippen LogP contribution < -0.4 is 10.6 Å². The molecule has 0 saturated carbocycles. The number of carbonyl (C=O) groups is 1. The highest BCUT2D eigenvalue weighted by Crippen LogP contribution is 1.97. The molecule has 0 amide bonds. The Balaban J connectivity index is 3.47. The number of hydrogen-bond acceptors (Lipinski definition) is 3. The Bertz CT molecular complexity index is 171. The van der Waals surface area contributed by atoms with Crippen molar-refractivity contribution < 1.29 is 4.79 Å². The van der Waals surface area contributed by atoms with Crippen LogP contribution >= 0.6 is 0 Å². The van der Waals surface area contributed by atoms with E-state index in [0.717, 1.165) is 6.54 Å². The molecular formula is C11H24N2O. The second-order valence-electron chi connectivity index (χ2n) is 5.00. The molecule has 0 bridgehead atoms. The summed E-state index contributed by atoms with van der Waals surface area (Å²) in [6.45, 7) is 11.6. The zero-order valence-electron chi connectivity index (χ0n) is 10.1. The highest BCUT2D eigenvalue weighted by molar-refractivity contribution is 5.80. The summed E-state index contributed by atoms with van der Waals surface area (Å²) in [6.07, 6.45) is 0.612. The van der Waals surface area contributed by atoms with E-state index in [9.17, 15) is 4.79 Å². The van der Waals surface area contributed by atoms with Gasteiger partial charge in [0.1, 0.15) is 5.78 Å². The number of ketones is 1. The first-order valence-electron chi connectivity index (χ1n) is 5.31. The summed E-state index contributed by atoms with van der Waals surface area (Å²) < 4.78 is 0. The van der Waals surface area contributed by atoms with Gasteiger partial charge < -0.3 is 10.6 Å². The molecule has 0 fully saturated rings. The van der Waals surface area contributed by atoms with Gasteiger partial charge in [-0.1, -0.05) is 13.8 Å². The largest absolute Gasteiger partial charge is 0.314 e. The second kappa shape index (κ2) is 6.14. The Kier molecular flexibility index (Phi) is 5.96. The van der Waals surface area contributed by atoms with E-state index in [1.807, 2.05) is 0 Å². The normalized spacial score (nSPS) is 12.1. The smallest absolute Gasteiger partial charge is 0.147 e. The van der Waals surface area contributed by atoms with Gasteiger partial charge in [0.15, 0.2) is 0 Å². The molecule has 3 nitrogen and oxygen atoms in total. The lowest BCUT2D eigenvalue weighted by Gasteiger charge is -2.19. The van der Waals surface area contributed by atoms with Crippen LogP contribution in [-0.2, 0) is 4.79 Å². The third-order valence-electron chi connectivity index (χ3n) is 1.77. The van der Waals surface area contributed by atoms with E-state index in [-0.39, 0.29) is 11.3 Å². The number of Topliss-reactive ketones (excluding diaryl/α,β-unsaturated/α-hetero) is 1. The van der Waals surface area contributed by atoms with Crippen molar-refractivity contribution in [1.29, 1.82) is 0 Å². The van der Waals surface area contributed by atoms with Crippen LogP contribution in [0.25, 0.3) is 0 Å². The van der Waals surface area contributed by atoms with Gasteiger partial charge in [0, 0.05) is 24.5 Å². The van der Waals surface area contributed by atoms with E-state index in [4.69, 9.17) is 0 Å². The van der Waals surface area contributed by atoms with Crippen molar-refractivity contribution >= 4 is 5.78 Å². The number of nitrogens with one attached hydrogen (secondary N) is 2. The van der Waals surface area contributed by atoms with E-state index >= 15 is 0 Å². The molecule has 0 heterocycles. The van der Waals surface area contributed by atoms with Crippen molar-refractivity contribution in [2.45, 2.75) is 52.6 Å². The van der Waals surface area contributed by atoms with Crippen LogP contribution in [0.1, 0.15) is 41.0 Å². The Hall–Kier alpha value is -0.410. The minimum atomic E-state index is 0.0289. The second-order valence-corrected chi connectivity index (χ2v) is 5.00. The maximum Gasteiger partial charge on any atom is 0.147 e. The third kappa shape index (κ3) is 9.68. The molecule has 2 N–H and O–H groups in total. The molecule has 0 atom stereocenters. The molecule has 0 aromatic heterocycles. The Morgan fingerprint density at radius 3 is 2.29 bits per heavy atom. The molecule has 0 aliphatic carbocycles. The minimum absolute atomic E-state index is 0.0289. The van der Waals surface area contributed by atoms with Gasteiger partial charge in [0.2, 0.25) is 0 Å². The maximum absolute atomic E-state index is 11.4. The fourth-order valence-electron chi connectivity index (χ4n) is 0.952. The molecule has 0 aromatic carbocycles. The predicted molar refractivity (Wildman–Crippen MR) is 60.5 cm³/mol. The van der Waals surface area contributed by atoms with Crippen LogP contribution in [0.5, 0.6) is 0 Å². The van der Waals surface area contributed by atoms with Gasteiger partial charge in [-0.2, -0.15) is 0 Å². The zero-order valence-corrected chi connectivity index (χ0v) is 10.1. The lowest BCUT2D eigenvalue weighted by molar-refractivity contribution is -0.118. The molecular weight excluding hydrogens is 176 g/mol. The zero-order chi connectivity index (χ0) is 11.2. The summed E-state index contributed by atoms with van der Waals surface area (Å²) in [6, 6.07) is 0.457. The van der Waals surface area contributed by atoms with Gasteiger partial charge in [-0.3, -0.25) is 4.79 Å². The first-order chi connectivity index (χ1) is 6.31. The van der Waals surface area contributed by atoms with E-state index in [0.29, 0.717) is 19.0 Å². The predicted octanol–water partition coefficient (Wildman–Crippen LogP) is 1.33. The standard InChI is InChI=1S/C11H24N2O/c1-9(2)12-7-6-10(14)8-13-11(3,4)5/h9,12-13H,6-8H2,1-5H3. The van der Waals surface area contributed by atoms with Crippen molar-refractivity contribution in [3.63, 3.8) is 0 Å². The molecule has 84 valence electrons. The average molecular weight is 200 g/mol. The monoisotopic (exact) mass is 200 g/mol. The fourth-order valence-corrected chi connectivity index (χ4v) is 0.952. The number of rotatable bonds is 6. The lowest BCUT2D eigenvalue weighted by Crippen LogP contribution is -2.40. The van der Waals surface area contributed by atoms with Gasteiger partial charge in [-0.25, -0.2) is 0 Å². The summed E-state index contributed by atoms with van der Waals surface area (Å²) in [5.74, 6) is 0.271. The molecule has 0 rings (SSSR count). The Labute approximate surface area is 87.6 Å². The summed E-state index contributed by atoms with van der Waals surface area (Å²) >= 11 is 0. The number of hydrogen-bond donors (Lipinski definition) is 2. The van der Waals surface area contributed by atoms with E-state index in [2.05, 4.69) is 45.3 Å². The van der Waals surface area contributed by atoms with Crippen molar-refractivity contribution in [3.05, 3.63) is 0 Å². The SMILES string of the molecule is CC(C)NCCC(=O)CNC(C)(C)C. The molecule has 0 saturated heterocycles. The molecule has 0 spiro atoms. The van der Waals surface area contributed by atoms with Crippen molar-refractivity contribution in [2.75, 3.05) is 13.1 Å². The van der Waals surface area contributed by atoms with Crippen LogP contribution in [0, 0.1) is 0 Å². The maximum atomic E-state index is 11.4. The number of carbonyl (C=O) groups excluding carboxylic acids is 1. The molecule has 0 unspecified atom stereocenters. The Morgan fingerprint density at radius 2 is 1.86 bits per heavy atom. The van der Waals surface area contributed by atoms with E-state index in [1.165, 1.54) is 0 Å². The quantitative estimate of drug-likeness (QED) is 0.679. The molecule has 0 aliphatic heterocycles. The van der Waals surface area contributed by atoms with Crippen molar-refractivity contribution in [3.8, 4) is 0 Å². The summed E-state index contributed by atoms with van der Waals surface area (Å²) in [5, 5.41) is 6.41. The van der Waals surface area contributed by atoms with E-state index < -0.39 is 0 Å². The van der Waals surface area contributed by atoms with Gasteiger partial charge in [0.05, 0.1) is 6.54 Å². The molecule has 0 aromatic rings. The van der Waals surface area contributed by atoms with Crippen molar-refractivity contribution in [2.24, 2.45) is 0 Å². The van der Waals surface area contributed by atoms with Gasteiger partial charge >= 0.3 is 0 Å². The van der Waals surface area contributed by atoms with Gasteiger partial charge in [-0.05, 0) is 20.8 Å². The van der Waals surface area contributed by atoms with Crippen LogP contribution in [0.3, 0.4) is 0 Å². The topological polar surface area (TPSA) is 41.1 Å². The van der Waals surface area contributed by atoms with Crippen molar-refractivity contribution in [1.82, 2.24) is 10.6 Å². The highest BCUT2D eigenvalue weighted by Gasteiger charge is 2.10. The summed E-state index contributed by atoms with van der Waals surface area (Å²) in [4.78, 5) is 11.4. The first kappa shape index (κ1) is 13.6. The summed E-state index contributed by atoms with van der Waals surface area (Å²) in [5.41, 5.74) is 0.0289. The van der Waals surface area contributed by atoms with Crippen LogP contribution in [0.2, 0.25) is 0 Å². The Morgan fingerprint density at radius 1 is 1.29 bits per heavy atom. The summed E-state index contributed by atoms with van der Waals surface area (Å²) in [7, 11) is 0. The average Bonchev–Trinajstić information content (AvgIpc) is 1.99. The molecule has 14 heavy (non-hydrogen) atoms. The third-order valence-corrected chi connectivity index (χ3v) is 1.77.